The molecule has 0 spiro atoms. The molecule has 1 aromatic heterocycles. The molecule has 4 aromatic rings. The van der Waals surface area contributed by atoms with Crippen LogP contribution in [0.5, 0.6) is 5.75 Å². The fraction of sp³-hybridized carbons (Fsp3) is 0.172. The van der Waals surface area contributed by atoms with Crippen LogP contribution in [0.3, 0.4) is 0 Å². The first kappa shape index (κ1) is 23.1. The second-order valence-electron chi connectivity index (χ2n) is 8.20. The van der Waals surface area contributed by atoms with E-state index < -0.39 is 5.97 Å². The van der Waals surface area contributed by atoms with Crippen LogP contribution in [-0.2, 0) is 22.5 Å². The van der Waals surface area contributed by atoms with Gasteiger partial charge in [0.1, 0.15) is 0 Å². The lowest BCUT2D eigenvalue weighted by molar-refractivity contribution is -0.210. The van der Waals surface area contributed by atoms with E-state index in [2.05, 4.69) is 34.1 Å². The number of aromatic amines is 1. The minimum Gasteiger partial charge on any atom is -0.329 e. The fourth-order valence-electron chi connectivity index (χ4n) is 4.11. The first-order valence-corrected chi connectivity index (χ1v) is 11.4. The van der Waals surface area contributed by atoms with Crippen LogP contribution >= 0.6 is 0 Å². The lowest BCUT2D eigenvalue weighted by atomic mass is 9.85. The van der Waals surface area contributed by atoms with Crippen molar-refractivity contribution in [1.29, 1.82) is 0 Å². The van der Waals surface area contributed by atoms with Crippen LogP contribution in [-0.4, -0.2) is 11.0 Å². The largest absolute Gasteiger partial charge is 0.352 e. The van der Waals surface area contributed by atoms with Crippen molar-refractivity contribution in [3.8, 4) is 5.75 Å². The van der Waals surface area contributed by atoms with Gasteiger partial charge in [0.2, 0.25) is 0 Å². The Morgan fingerprint density at radius 3 is 2.15 bits per heavy atom. The lowest BCUT2D eigenvalue weighted by Gasteiger charge is -2.19. The summed E-state index contributed by atoms with van der Waals surface area (Å²) in [5.74, 6) is 0.00281. The normalized spacial score (nSPS) is 10.8. The van der Waals surface area contributed by atoms with Gasteiger partial charge < -0.3 is 4.98 Å². The molecule has 1 heterocycles. The van der Waals surface area contributed by atoms with Gasteiger partial charge in [-0.1, -0.05) is 72.8 Å². The van der Waals surface area contributed by atoms with Crippen molar-refractivity contribution in [3.05, 3.63) is 135 Å². The van der Waals surface area contributed by atoms with Crippen molar-refractivity contribution >= 4 is 5.97 Å². The van der Waals surface area contributed by atoms with Crippen LogP contribution < -0.4 is 10.4 Å². The van der Waals surface area contributed by atoms with Gasteiger partial charge in [0.05, 0.1) is 0 Å². The van der Waals surface area contributed by atoms with E-state index in [0.717, 1.165) is 29.5 Å². The van der Waals surface area contributed by atoms with Gasteiger partial charge >= 0.3 is 5.97 Å². The van der Waals surface area contributed by atoms with E-state index in [0.29, 0.717) is 12.2 Å². The number of carbonyl (C=O) groups excluding carboxylic acids is 1. The third-order valence-electron chi connectivity index (χ3n) is 5.67. The number of benzene rings is 3. The quantitative estimate of drug-likeness (QED) is 0.265. The van der Waals surface area contributed by atoms with Gasteiger partial charge in [-0.15, -0.1) is 0 Å². The molecular weight excluding hydrogens is 426 g/mol. The Bertz CT molecular complexity index is 1240. The summed E-state index contributed by atoms with van der Waals surface area (Å²) in [4.78, 5) is 36.1. The van der Waals surface area contributed by atoms with Gasteiger partial charge in [-0.2, -0.15) is 0 Å². The summed E-state index contributed by atoms with van der Waals surface area (Å²) in [6.07, 6.45) is 4.04. The summed E-state index contributed by atoms with van der Waals surface area (Å²) in [5, 5.41) is 0. The highest BCUT2D eigenvalue weighted by atomic mass is 17.2. The predicted molar refractivity (Wildman–Crippen MR) is 132 cm³/mol. The van der Waals surface area contributed by atoms with Gasteiger partial charge in [-0.3, -0.25) is 14.6 Å². The molecule has 0 atom stereocenters. The first-order chi connectivity index (χ1) is 16.6. The molecule has 0 fully saturated rings. The molecule has 34 heavy (non-hydrogen) atoms. The number of H-pyrrole nitrogens is 1. The number of pyridine rings is 1. The number of aromatic nitrogens is 1. The van der Waals surface area contributed by atoms with Crippen LogP contribution in [0, 0.1) is 0 Å². The van der Waals surface area contributed by atoms with Gasteiger partial charge in [0.15, 0.2) is 5.75 Å². The zero-order valence-corrected chi connectivity index (χ0v) is 19.1. The third-order valence-corrected chi connectivity index (χ3v) is 5.67. The molecule has 0 aliphatic carbocycles. The van der Waals surface area contributed by atoms with Crippen molar-refractivity contribution in [3.63, 3.8) is 0 Å². The Morgan fingerprint density at radius 1 is 0.824 bits per heavy atom. The number of nitrogens with one attached hydrogen (secondary N) is 1. The molecule has 0 radical (unpaired) electrons. The maximum Gasteiger partial charge on any atom is 0.352 e. The van der Waals surface area contributed by atoms with Gasteiger partial charge in [0, 0.05) is 24.6 Å². The first-order valence-electron chi connectivity index (χ1n) is 11.4. The van der Waals surface area contributed by atoms with Crippen molar-refractivity contribution < 1.29 is 14.6 Å². The summed E-state index contributed by atoms with van der Waals surface area (Å²) in [7, 11) is 0. The topological polar surface area (TPSA) is 68.4 Å². The van der Waals surface area contributed by atoms with Gasteiger partial charge in [0.25, 0.3) is 5.56 Å². The summed E-state index contributed by atoms with van der Waals surface area (Å²) in [6, 6.07) is 30.1. The Balaban J connectivity index is 1.51. The van der Waals surface area contributed by atoms with Crippen LogP contribution in [0.25, 0.3) is 0 Å². The molecule has 0 aliphatic heterocycles. The van der Waals surface area contributed by atoms with Gasteiger partial charge in [-0.25, -0.2) is 4.79 Å². The van der Waals surface area contributed by atoms with Crippen LogP contribution in [0.15, 0.2) is 102 Å². The molecule has 0 unspecified atom stereocenters. The molecular formula is C29H27NO4. The molecule has 5 heteroatoms. The van der Waals surface area contributed by atoms with Crippen molar-refractivity contribution in [2.24, 2.45) is 0 Å². The second kappa shape index (κ2) is 11.1. The van der Waals surface area contributed by atoms with Crippen LogP contribution in [0.2, 0.25) is 0 Å². The Kier molecular flexibility index (Phi) is 7.56. The minimum atomic E-state index is -0.506. The molecule has 0 aliphatic rings. The minimum absolute atomic E-state index is 0.0353. The highest BCUT2D eigenvalue weighted by molar-refractivity contribution is 5.65. The van der Waals surface area contributed by atoms with Crippen molar-refractivity contribution in [1.82, 2.24) is 4.98 Å². The summed E-state index contributed by atoms with van der Waals surface area (Å²) in [6.45, 7) is 1.29. The van der Waals surface area contributed by atoms with E-state index in [1.807, 2.05) is 66.9 Å². The van der Waals surface area contributed by atoms with E-state index in [1.165, 1.54) is 18.1 Å². The van der Waals surface area contributed by atoms with Crippen LogP contribution in [0.1, 0.15) is 47.1 Å². The molecule has 0 saturated carbocycles. The predicted octanol–water partition coefficient (Wildman–Crippen LogP) is 5.59. The number of carbonyl (C=O) groups is 1. The zero-order valence-electron chi connectivity index (χ0n) is 19.1. The van der Waals surface area contributed by atoms with E-state index >= 15 is 0 Å². The number of aryl methyl sites for hydroxylation is 2. The Morgan fingerprint density at radius 2 is 1.50 bits per heavy atom. The maximum absolute atomic E-state index is 12.6. The molecule has 172 valence electrons. The zero-order chi connectivity index (χ0) is 23.8. The average Bonchev–Trinajstić information content (AvgIpc) is 2.86. The lowest BCUT2D eigenvalue weighted by Crippen LogP contribution is -2.15. The summed E-state index contributed by atoms with van der Waals surface area (Å²) >= 11 is 0. The number of rotatable bonds is 9. The van der Waals surface area contributed by atoms with E-state index in [-0.39, 0.29) is 11.5 Å². The third kappa shape index (κ3) is 6.01. The smallest absolute Gasteiger partial charge is 0.329 e. The van der Waals surface area contributed by atoms with E-state index in [9.17, 15) is 9.59 Å². The highest BCUT2D eigenvalue weighted by Crippen LogP contribution is 2.31. The maximum atomic E-state index is 12.6. The number of hydrogen-bond acceptors (Lipinski definition) is 4. The van der Waals surface area contributed by atoms with Crippen molar-refractivity contribution in [2.75, 3.05) is 0 Å². The Hall–Kier alpha value is -4.12. The van der Waals surface area contributed by atoms with Gasteiger partial charge in [-0.05, 0) is 59.7 Å². The molecule has 0 amide bonds. The van der Waals surface area contributed by atoms with Crippen LogP contribution in [0.4, 0.5) is 0 Å². The fourth-order valence-corrected chi connectivity index (χ4v) is 4.11. The molecule has 5 nitrogen and oxygen atoms in total. The standard InChI is InChI=1S/C29H27NO4/c1-21(31)33-34-27-17-9-11-22(18-27)10-8-16-25-19-26(20-30-29(25)32)28(23-12-4-2-5-13-23)24-14-6-3-7-15-24/h2-7,9,11-15,17-20,28H,8,10,16H2,1H3,(H,30,32). The molecule has 4 rings (SSSR count). The average molecular weight is 454 g/mol. The number of hydrogen-bond donors (Lipinski definition) is 1. The summed E-state index contributed by atoms with van der Waals surface area (Å²) in [5.41, 5.74) is 5.16. The highest BCUT2D eigenvalue weighted by Gasteiger charge is 2.18. The van der Waals surface area contributed by atoms with E-state index in [4.69, 9.17) is 4.89 Å². The SMILES string of the molecule is CC(=O)OOc1cccc(CCCc2cc(C(c3ccccc3)c3ccccc3)c[nH]c2=O)c1. The monoisotopic (exact) mass is 453 g/mol. The molecule has 0 bridgehead atoms. The summed E-state index contributed by atoms with van der Waals surface area (Å²) < 4.78 is 0. The Labute approximate surface area is 198 Å². The van der Waals surface area contributed by atoms with Crippen molar-refractivity contribution in [2.45, 2.75) is 32.1 Å². The molecule has 0 saturated heterocycles. The second-order valence-corrected chi connectivity index (χ2v) is 8.20. The molecule has 1 N–H and O–H groups in total. The molecule has 3 aromatic carbocycles. The van der Waals surface area contributed by atoms with E-state index in [1.54, 1.807) is 6.07 Å².